The van der Waals surface area contributed by atoms with Gasteiger partial charge in [0.15, 0.2) is 0 Å². The maximum atomic E-state index is 11.0. The van der Waals surface area contributed by atoms with Crippen LogP contribution in [0.5, 0.6) is 0 Å². The Morgan fingerprint density at radius 3 is 3.08 bits per heavy atom. The Hall–Kier alpha value is -0.810. The number of hydrogen-bond acceptors (Lipinski definition) is 3. The fourth-order valence-electron chi connectivity index (χ4n) is 0.719. The molecule has 1 aromatic heterocycles. The third-order valence-corrected chi connectivity index (χ3v) is 2.23. The van der Waals surface area contributed by atoms with Crippen LogP contribution < -0.4 is 10.6 Å². The summed E-state index contributed by atoms with van der Waals surface area (Å²) in [5.74, 6) is 0.421. The zero-order valence-electron chi connectivity index (χ0n) is 6.92. The Balaban J connectivity index is 2.15. The molecule has 4 nitrogen and oxygen atoms in total. The van der Waals surface area contributed by atoms with Crippen molar-refractivity contribution < 1.29 is 4.79 Å². The lowest BCUT2D eigenvalue weighted by Crippen LogP contribution is -2.35. The highest BCUT2D eigenvalue weighted by atomic mass is 35.5. The summed E-state index contributed by atoms with van der Waals surface area (Å²) in [6.45, 7) is 0.942. The van der Waals surface area contributed by atoms with Crippen LogP contribution in [0.3, 0.4) is 0 Å². The van der Waals surface area contributed by atoms with E-state index in [9.17, 15) is 4.79 Å². The minimum absolute atomic E-state index is 0.212. The normalized spacial score (nSPS) is 9.62. The van der Waals surface area contributed by atoms with Crippen LogP contribution in [0.1, 0.15) is 5.01 Å². The van der Waals surface area contributed by atoms with Crippen LogP contribution in [-0.4, -0.2) is 23.4 Å². The van der Waals surface area contributed by atoms with E-state index in [-0.39, 0.29) is 6.03 Å². The van der Waals surface area contributed by atoms with Crippen LogP contribution >= 0.6 is 22.9 Å². The number of aromatic nitrogens is 1. The first-order valence-corrected chi connectivity index (χ1v) is 5.20. The van der Waals surface area contributed by atoms with E-state index in [0.29, 0.717) is 19.0 Å². The minimum atomic E-state index is -0.212. The maximum absolute atomic E-state index is 11.0. The molecule has 2 N–H and O–H groups in total. The van der Waals surface area contributed by atoms with E-state index in [1.807, 2.05) is 5.38 Å². The third-order valence-electron chi connectivity index (χ3n) is 1.26. The molecule has 0 saturated heterocycles. The molecule has 1 rings (SSSR count). The van der Waals surface area contributed by atoms with Gasteiger partial charge in [-0.1, -0.05) is 0 Å². The molecule has 0 aromatic carbocycles. The number of urea groups is 1. The number of carbonyl (C=O) groups is 1. The summed E-state index contributed by atoms with van der Waals surface area (Å²) in [5, 5.41) is 8.01. The zero-order chi connectivity index (χ0) is 9.52. The molecule has 0 radical (unpaired) electrons. The summed E-state index contributed by atoms with van der Waals surface area (Å²) >= 11 is 6.90. The summed E-state index contributed by atoms with van der Waals surface area (Å²) in [4.78, 5) is 15.0. The highest BCUT2D eigenvalue weighted by molar-refractivity contribution is 7.09. The lowest BCUT2D eigenvalue weighted by atomic mass is 10.6. The van der Waals surface area contributed by atoms with Gasteiger partial charge in [0.05, 0.1) is 6.54 Å². The Labute approximate surface area is 85.3 Å². The minimum Gasteiger partial charge on any atom is -0.337 e. The Kier molecular flexibility index (Phi) is 4.56. The van der Waals surface area contributed by atoms with E-state index in [1.165, 1.54) is 11.3 Å². The molecular formula is C7H10ClN3OS. The molecule has 2 amide bonds. The first kappa shape index (κ1) is 10.3. The number of nitrogens with zero attached hydrogens (tertiary/aromatic N) is 1. The van der Waals surface area contributed by atoms with E-state index < -0.39 is 0 Å². The lowest BCUT2D eigenvalue weighted by Gasteiger charge is -2.03. The molecule has 72 valence electrons. The van der Waals surface area contributed by atoms with Crippen molar-refractivity contribution in [3.8, 4) is 0 Å². The number of thiazole rings is 1. The topological polar surface area (TPSA) is 54.0 Å². The first-order valence-electron chi connectivity index (χ1n) is 3.79. The molecule has 1 aromatic rings. The van der Waals surface area contributed by atoms with E-state index in [0.717, 1.165) is 5.01 Å². The van der Waals surface area contributed by atoms with E-state index in [4.69, 9.17) is 11.6 Å². The monoisotopic (exact) mass is 219 g/mol. The molecule has 1 heterocycles. The van der Waals surface area contributed by atoms with Crippen LogP contribution in [0.15, 0.2) is 11.6 Å². The van der Waals surface area contributed by atoms with Crippen molar-refractivity contribution >= 4 is 29.0 Å². The number of hydrogen-bond donors (Lipinski definition) is 2. The second-order valence-corrected chi connectivity index (χ2v) is 3.58. The number of halogens is 1. The van der Waals surface area contributed by atoms with Crippen molar-refractivity contribution in [1.29, 1.82) is 0 Å². The molecule has 0 spiro atoms. The summed E-state index contributed by atoms with van der Waals surface area (Å²) in [6, 6.07) is -0.212. The van der Waals surface area contributed by atoms with Crippen molar-refractivity contribution in [2.45, 2.75) is 6.54 Å². The highest BCUT2D eigenvalue weighted by Gasteiger charge is 1.99. The van der Waals surface area contributed by atoms with Crippen molar-refractivity contribution in [1.82, 2.24) is 15.6 Å². The molecule has 6 heteroatoms. The SMILES string of the molecule is O=C(NCCCl)NCc1nccs1. The van der Waals surface area contributed by atoms with Gasteiger partial charge in [-0.15, -0.1) is 22.9 Å². The van der Waals surface area contributed by atoms with Gasteiger partial charge in [0, 0.05) is 24.0 Å². The van der Waals surface area contributed by atoms with Crippen molar-refractivity contribution in [3.05, 3.63) is 16.6 Å². The van der Waals surface area contributed by atoms with Gasteiger partial charge in [-0.2, -0.15) is 0 Å². The lowest BCUT2D eigenvalue weighted by molar-refractivity contribution is 0.241. The second kappa shape index (κ2) is 5.77. The number of carbonyl (C=O) groups excluding carboxylic acids is 1. The molecule has 0 unspecified atom stereocenters. The molecule has 0 aliphatic carbocycles. The van der Waals surface area contributed by atoms with Gasteiger partial charge in [0.1, 0.15) is 5.01 Å². The Morgan fingerprint density at radius 2 is 2.46 bits per heavy atom. The van der Waals surface area contributed by atoms with Gasteiger partial charge in [-0.25, -0.2) is 9.78 Å². The standard InChI is InChI=1S/C7H10ClN3OS/c8-1-2-10-7(12)11-5-6-9-3-4-13-6/h3-4H,1-2,5H2,(H2,10,11,12). The molecule has 0 fully saturated rings. The molecule has 0 aliphatic heterocycles. The van der Waals surface area contributed by atoms with Gasteiger partial charge in [-0.05, 0) is 0 Å². The second-order valence-electron chi connectivity index (χ2n) is 2.22. The summed E-state index contributed by atoms with van der Waals surface area (Å²) in [5.41, 5.74) is 0. The van der Waals surface area contributed by atoms with Crippen LogP contribution in [0.2, 0.25) is 0 Å². The van der Waals surface area contributed by atoms with Gasteiger partial charge in [-0.3, -0.25) is 0 Å². The van der Waals surface area contributed by atoms with Crippen LogP contribution in [0, 0.1) is 0 Å². The van der Waals surface area contributed by atoms with Gasteiger partial charge in [0.25, 0.3) is 0 Å². The number of nitrogens with one attached hydrogen (secondary N) is 2. The number of amides is 2. The van der Waals surface area contributed by atoms with Gasteiger partial charge in [0.2, 0.25) is 0 Å². The van der Waals surface area contributed by atoms with Gasteiger partial charge >= 0.3 is 6.03 Å². The van der Waals surface area contributed by atoms with E-state index in [2.05, 4.69) is 15.6 Å². The van der Waals surface area contributed by atoms with Gasteiger partial charge < -0.3 is 10.6 Å². The fourth-order valence-corrected chi connectivity index (χ4v) is 1.37. The van der Waals surface area contributed by atoms with Crippen molar-refractivity contribution in [2.75, 3.05) is 12.4 Å². The van der Waals surface area contributed by atoms with Crippen molar-refractivity contribution in [3.63, 3.8) is 0 Å². The highest BCUT2D eigenvalue weighted by Crippen LogP contribution is 2.01. The molecule has 0 atom stereocenters. The fraction of sp³-hybridized carbons (Fsp3) is 0.429. The predicted octanol–water partition coefficient (Wildman–Crippen LogP) is 1.18. The Bertz CT molecular complexity index is 252. The molecule has 13 heavy (non-hydrogen) atoms. The largest absolute Gasteiger partial charge is 0.337 e. The molecule has 0 aliphatic rings. The van der Waals surface area contributed by atoms with Crippen LogP contribution in [-0.2, 0) is 6.54 Å². The molecule has 0 saturated carbocycles. The van der Waals surface area contributed by atoms with Crippen LogP contribution in [0.4, 0.5) is 4.79 Å². The maximum Gasteiger partial charge on any atom is 0.315 e. The number of alkyl halides is 1. The first-order chi connectivity index (χ1) is 6.33. The Morgan fingerprint density at radius 1 is 1.62 bits per heavy atom. The molecule has 0 bridgehead atoms. The third kappa shape index (κ3) is 4.10. The van der Waals surface area contributed by atoms with E-state index >= 15 is 0 Å². The quantitative estimate of drug-likeness (QED) is 0.748. The molecular weight excluding hydrogens is 210 g/mol. The van der Waals surface area contributed by atoms with E-state index in [1.54, 1.807) is 6.20 Å². The average Bonchev–Trinajstić information content (AvgIpc) is 2.64. The van der Waals surface area contributed by atoms with Crippen LogP contribution in [0.25, 0.3) is 0 Å². The average molecular weight is 220 g/mol. The predicted molar refractivity (Wildman–Crippen MR) is 53.1 cm³/mol. The summed E-state index contributed by atoms with van der Waals surface area (Å²) in [7, 11) is 0. The zero-order valence-corrected chi connectivity index (χ0v) is 8.49. The van der Waals surface area contributed by atoms with Crippen molar-refractivity contribution in [2.24, 2.45) is 0 Å². The smallest absolute Gasteiger partial charge is 0.315 e. The summed E-state index contributed by atoms with van der Waals surface area (Å²) < 4.78 is 0. The number of rotatable bonds is 4. The summed E-state index contributed by atoms with van der Waals surface area (Å²) in [6.07, 6.45) is 1.71.